The van der Waals surface area contributed by atoms with E-state index in [9.17, 15) is 13.2 Å². The van der Waals surface area contributed by atoms with Crippen LogP contribution < -0.4 is 15.4 Å². The molecule has 3 rings (SSSR count). The molecule has 0 saturated heterocycles. The molecular weight excluding hydrogens is 398 g/mol. The molecule has 0 aliphatic rings. The zero-order chi connectivity index (χ0) is 20.0. The van der Waals surface area contributed by atoms with E-state index in [1.165, 1.54) is 23.5 Å². The van der Waals surface area contributed by atoms with Crippen molar-refractivity contribution >= 4 is 38.2 Å². The van der Waals surface area contributed by atoms with Crippen LogP contribution in [0.3, 0.4) is 0 Å². The van der Waals surface area contributed by atoms with Gasteiger partial charge in [-0.05, 0) is 29.8 Å². The van der Waals surface area contributed by atoms with E-state index in [4.69, 9.17) is 0 Å². The van der Waals surface area contributed by atoms with E-state index in [1.54, 1.807) is 36.7 Å². The molecule has 8 nitrogen and oxygen atoms in total. The highest BCUT2D eigenvalue weighted by Crippen LogP contribution is 2.19. The van der Waals surface area contributed by atoms with Crippen molar-refractivity contribution in [2.24, 2.45) is 0 Å². The standard InChI is InChI=1S/C18H19N5O3S2/c1-2-21-28(25,26)14-8-6-13(7-9-14)11-20-17(24)15-12-27-18(22-15)23-16-5-3-4-10-19-16/h3-10,12,21H,2,11H2,1H3,(H,20,24)(H,19,22,23). The van der Waals surface area contributed by atoms with Crippen molar-refractivity contribution in [3.05, 3.63) is 65.3 Å². The molecule has 0 radical (unpaired) electrons. The minimum absolute atomic E-state index is 0.189. The Balaban J connectivity index is 1.57. The minimum atomic E-state index is -3.48. The number of hydrogen-bond acceptors (Lipinski definition) is 7. The molecule has 3 N–H and O–H groups in total. The first-order valence-corrected chi connectivity index (χ1v) is 10.8. The first-order valence-electron chi connectivity index (χ1n) is 8.48. The van der Waals surface area contributed by atoms with Gasteiger partial charge in [0.1, 0.15) is 11.5 Å². The average Bonchev–Trinajstić information content (AvgIpc) is 3.16. The second kappa shape index (κ2) is 8.91. The van der Waals surface area contributed by atoms with Crippen LogP contribution in [0, 0.1) is 0 Å². The Hall–Kier alpha value is -2.82. The van der Waals surface area contributed by atoms with Crippen LogP contribution in [0.4, 0.5) is 10.9 Å². The fourth-order valence-electron chi connectivity index (χ4n) is 2.31. The summed E-state index contributed by atoms with van der Waals surface area (Å²) < 4.78 is 26.3. The van der Waals surface area contributed by atoms with Crippen LogP contribution in [0.1, 0.15) is 23.0 Å². The summed E-state index contributed by atoms with van der Waals surface area (Å²) in [6, 6.07) is 11.8. The number of rotatable bonds is 8. The number of nitrogens with one attached hydrogen (secondary N) is 3. The van der Waals surface area contributed by atoms with Gasteiger partial charge in [0.2, 0.25) is 10.0 Å². The van der Waals surface area contributed by atoms with E-state index in [1.807, 2.05) is 12.1 Å². The molecule has 0 saturated carbocycles. The fourth-order valence-corrected chi connectivity index (χ4v) is 4.05. The molecule has 1 amide bonds. The third kappa shape index (κ3) is 5.12. The van der Waals surface area contributed by atoms with Crippen LogP contribution in [-0.4, -0.2) is 30.8 Å². The van der Waals surface area contributed by atoms with Gasteiger partial charge in [-0.3, -0.25) is 4.79 Å². The summed E-state index contributed by atoms with van der Waals surface area (Å²) in [4.78, 5) is 20.9. The maximum Gasteiger partial charge on any atom is 0.271 e. The molecule has 0 bridgehead atoms. The first kappa shape index (κ1) is 19.9. The molecule has 0 aliphatic carbocycles. The van der Waals surface area contributed by atoms with Gasteiger partial charge in [-0.2, -0.15) is 0 Å². The predicted molar refractivity (Wildman–Crippen MR) is 108 cm³/mol. The zero-order valence-corrected chi connectivity index (χ0v) is 16.7. The number of benzene rings is 1. The number of carbonyl (C=O) groups excluding carboxylic acids is 1. The number of nitrogens with zero attached hydrogens (tertiary/aromatic N) is 2. The topological polar surface area (TPSA) is 113 Å². The van der Waals surface area contributed by atoms with E-state index in [2.05, 4.69) is 25.3 Å². The van der Waals surface area contributed by atoms with E-state index >= 15 is 0 Å². The molecular formula is C18H19N5O3S2. The molecule has 2 aromatic heterocycles. The second-order valence-corrected chi connectivity index (χ2v) is 8.33. The number of thiazole rings is 1. The Morgan fingerprint density at radius 3 is 2.61 bits per heavy atom. The zero-order valence-electron chi connectivity index (χ0n) is 15.0. The van der Waals surface area contributed by atoms with Crippen LogP contribution >= 0.6 is 11.3 Å². The molecule has 0 atom stereocenters. The summed E-state index contributed by atoms with van der Waals surface area (Å²) in [6.45, 7) is 2.31. The maximum atomic E-state index is 12.3. The third-order valence-corrected chi connectivity index (χ3v) is 5.98. The number of aromatic nitrogens is 2. The SMILES string of the molecule is CCNS(=O)(=O)c1ccc(CNC(=O)c2csc(Nc3ccccn3)n2)cc1. The van der Waals surface area contributed by atoms with Crippen LogP contribution in [0.5, 0.6) is 0 Å². The van der Waals surface area contributed by atoms with E-state index in [0.717, 1.165) is 5.56 Å². The van der Waals surface area contributed by atoms with Crippen LogP contribution in [0.25, 0.3) is 0 Å². The van der Waals surface area contributed by atoms with Gasteiger partial charge < -0.3 is 10.6 Å². The summed E-state index contributed by atoms with van der Waals surface area (Å²) in [5.41, 5.74) is 1.08. The van der Waals surface area contributed by atoms with Gasteiger partial charge in [-0.15, -0.1) is 11.3 Å². The highest BCUT2D eigenvalue weighted by Gasteiger charge is 2.13. The van der Waals surface area contributed by atoms with Crippen molar-refractivity contribution in [1.82, 2.24) is 20.0 Å². The Bertz CT molecular complexity index is 1030. The van der Waals surface area contributed by atoms with Gasteiger partial charge in [0.05, 0.1) is 4.90 Å². The van der Waals surface area contributed by atoms with Crippen molar-refractivity contribution in [2.75, 3.05) is 11.9 Å². The van der Waals surface area contributed by atoms with Gasteiger partial charge in [-0.25, -0.2) is 23.1 Å². The quantitative estimate of drug-likeness (QED) is 0.519. The molecule has 0 fully saturated rings. The summed E-state index contributed by atoms with van der Waals surface area (Å²) in [5.74, 6) is 0.339. The Kier molecular flexibility index (Phi) is 6.34. The van der Waals surface area contributed by atoms with Gasteiger partial charge in [0.25, 0.3) is 5.91 Å². The molecule has 2 heterocycles. The molecule has 3 aromatic rings. The van der Waals surface area contributed by atoms with Crippen molar-refractivity contribution < 1.29 is 13.2 Å². The summed E-state index contributed by atoms with van der Waals surface area (Å²) in [7, 11) is -3.48. The fraction of sp³-hybridized carbons (Fsp3) is 0.167. The number of hydrogen-bond donors (Lipinski definition) is 3. The van der Waals surface area contributed by atoms with Crippen molar-refractivity contribution in [1.29, 1.82) is 0 Å². The number of anilines is 2. The number of amides is 1. The molecule has 146 valence electrons. The van der Waals surface area contributed by atoms with Gasteiger partial charge in [-0.1, -0.05) is 25.1 Å². The van der Waals surface area contributed by atoms with Crippen LogP contribution in [-0.2, 0) is 16.6 Å². The smallest absolute Gasteiger partial charge is 0.271 e. The van der Waals surface area contributed by atoms with Gasteiger partial charge >= 0.3 is 0 Å². The van der Waals surface area contributed by atoms with E-state index in [-0.39, 0.29) is 17.3 Å². The number of pyridine rings is 1. The summed E-state index contributed by atoms with van der Waals surface area (Å²) in [5, 5.41) is 8.04. The lowest BCUT2D eigenvalue weighted by Crippen LogP contribution is -2.24. The predicted octanol–water partition coefficient (Wildman–Crippen LogP) is 2.51. The Morgan fingerprint density at radius 1 is 1.14 bits per heavy atom. The monoisotopic (exact) mass is 417 g/mol. The largest absolute Gasteiger partial charge is 0.347 e. The highest BCUT2D eigenvalue weighted by atomic mass is 32.2. The first-order chi connectivity index (χ1) is 13.5. The second-order valence-electron chi connectivity index (χ2n) is 5.71. The highest BCUT2D eigenvalue weighted by molar-refractivity contribution is 7.89. The van der Waals surface area contributed by atoms with E-state index < -0.39 is 10.0 Å². The van der Waals surface area contributed by atoms with Gasteiger partial charge in [0.15, 0.2) is 5.13 Å². The number of sulfonamides is 1. The molecule has 0 unspecified atom stereocenters. The molecule has 10 heteroatoms. The average molecular weight is 418 g/mol. The lowest BCUT2D eigenvalue weighted by molar-refractivity contribution is 0.0946. The molecule has 28 heavy (non-hydrogen) atoms. The van der Waals surface area contributed by atoms with Crippen LogP contribution in [0.2, 0.25) is 0 Å². The van der Waals surface area contributed by atoms with Crippen molar-refractivity contribution in [3.63, 3.8) is 0 Å². The third-order valence-electron chi connectivity index (χ3n) is 3.66. The maximum absolute atomic E-state index is 12.3. The lowest BCUT2D eigenvalue weighted by atomic mass is 10.2. The lowest BCUT2D eigenvalue weighted by Gasteiger charge is -2.07. The van der Waals surface area contributed by atoms with Crippen LogP contribution in [0.15, 0.2) is 58.9 Å². The summed E-state index contributed by atoms with van der Waals surface area (Å²) >= 11 is 1.31. The van der Waals surface area contributed by atoms with Crippen molar-refractivity contribution in [3.8, 4) is 0 Å². The van der Waals surface area contributed by atoms with E-state index in [0.29, 0.717) is 23.2 Å². The van der Waals surface area contributed by atoms with Crippen molar-refractivity contribution in [2.45, 2.75) is 18.4 Å². The Labute approximate surface area is 167 Å². The molecule has 0 aliphatic heterocycles. The minimum Gasteiger partial charge on any atom is -0.347 e. The molecule has 1 aromatic carbocycles. The normalized spacial score (nSPS) is 11.2. The number of carbonyl (C=O) groups is 1. The summed E-state index contributed by atoms with van der Waals surface area (Å²) in [6.07, 6.45) is 1.67. The Morgan fingerprint density at radius 2 is 1.93 bits per heavy atom. The van der Waals surface area contributed by atoms with Gasteiger partial charge in [0, 0.05) is 24.7 Å². The molecule has 0 spiro atoms.